The van der Waals surface area contributed by atoms with Gasteiger partial charge in [-0.3, -0.25) is 0 Å². The minimum absolute atomic E-state index is 0. The maximum atomic E-state index is 8.89. The van der Waals surface area contributed by atoms with Crippen molar-refractivity contribution in [2.45, 2.75) is 13.8 Å². The van der Waals surface area contributed by atoms with E-state index in [0.717, 1.165) is 13.8 Å². The number of aliphatic carboxylic acids is 2. The van der Waals surface area contributed by atoms with Gasteiger partial charge in [0, 0.05) is 11.9 Å². The van der Waals surface area contributed by atoms with Crippen LogP contribution in [0, 0.1) is 0 Å². The average molecular weight is 145 g/mol. The van der Waals surface area contributed by atoms with Crippen LogP contribution in [0.1, 0.15) is 13.8 Å². The Morgan fingerprint density at radius 2 is 1.00 bits per heavy atom. The van der Waals surface area contributed by atoms with E-state index < -0.39 is 11.9 Å². The average Bonchev–Trinajstić information content (AvgIpc) is 1.25. The second-order valence-corrected chi connectivity index (χ2v) is 0.983. The number of rotatable bonds is 0. The summed E-state index contributed by atoms with van der Waals surface area (Å²) in [7, 11) is 0. The predicted octanol–water partition coefficient (Wildman–Crippen LogP) is -3.69. The summed E-state index contributed by atoms with van der Waals surface area (Å²) in [6.07, 6.45) is 0. The molecule has 0 aromatic rings. The molecule has 56 valence electrons. The molecule has 0 amide bonds. The first kappa shape index (κ1) is 23.0. The van der Waals surface area contributed by atoms with Gasteiger partial charge in [0.15, 0.2) is 0 Å². The number of hydrogen-bond donors (Lipinski definition) is 0. The Morgan fingerprint density at radius 1 is 1.00 bits per heavy atom. The largest absolute Gasteiger partial charge is 2.00 e. The van der Waals surface area contributed by atoms with Gasteiger partial charge in [-0.2, -0.15) is 0 Å². The predicted molar refractivity (Wildman–Crippen MR) is 30.7 cm³/mol. The molecule has 0 fully saturated rings. The molecule has 0 aliphatic carbocycles. The number of carboxylic acids is 2. The van der Waals surface area contributed by atoms with Crippen molar-refractivity contribution in [1.82, 2.24) is 0 Å². The van der Waals surface area contributed by atoms with Crippen LogP contribution in [0.2, 0.25) is 0 Å². The van der Waals surface area contributed by atoms with E-state index in [2.05, 4.69) is 0 Å². The van der Waals surface area contributed by atoms with Crippen molar-refractivity contribution in [2.75, 3.05) is 0 Å². The van der Waals surface area contributed by atoms with Crippen LogP contribution in [0.25, 0.3) is 0 Å². The molecule has 0 aromatic heterocycles. The second-order valence-electron chi connectivity index (χ2n) is 0.983. The van der Waals surface area contributed by atoms with Crippen molar-refractivity contribution in [2.24, 2.45) is 0 Å². The van der Waals surface area contributed by atoms with E-state index in [4.69, 9.17) is 19.8 Å². The van der Waals surface area contributed by atoms with Gasteiger partial charge < -0.3 is 25.3 Å². The van der Waals surface area contributed by atoms with Crippen molar-refractivity contribution >= 4 is 22.1 Å². The van der Waals surface area contributed by atoms with Crippen LogP contribution in [-0.2, 0) is 9.59 Å². The maximum Gasteiger partial charge on any atom is 2.00 e. The molecular formula is C4H8BeO5. The molecule has 0 atom stereocenters. The molecule has 0 unspecified atom stereocenters. The monoisotopic (exact) mass is 145 g/mol. The van der Waals surface area contributed by atoms with E-state index in [0.29, 0.717) is 0 Å². The van der Waals surface area contributed by atoms with Crippen molar-refractivity contribution in [3.63, 3.8) is 0 Å². The zero-order valence-corrected chi connectivity index (χ0v) is 5.84. The third-order valence-electron chi connectivity index (χ3n) is 0. The summed E-state index contributed by atoms with van der Waals surface area (Å²) in [5, 5.41) is 17.8. The van der Waals surface area contributed by atoms with Crippen molar-refractivity contribution in [3.05, 3.63) is 0 Å². The zero-order valence-electron chi connectivity index (χ0n) is 5.84. The van der Waals surface area contributed by atoms with Crippen molar-refractivity contribution in [3.8, 4) is 0 Å². The minimum Gasteiger partial charge on any atom is -0.550 e. The third kappa shape index (κ3) is 300. The Balaban J connectivity index is -0.0000000300. The molecule has 5 nitrogen and oxygen atoms in total. The topological polar surface area (TPSA) is 112 Å². The summed E-state index contributed by atoms with van der Waals surface area (Å²) < 4.78 is 0. The Morgan fingerprint density at radius 3 is 1.00 bits per heavy atom. The SMILES string of the molecule is CC(=O)[O-].CC(=O)[O-].O.[Be+2]. The molecule has 0 aliphatic rings. The first-order chi connectivity index (χ1) is 3.46. The molecule has 0 bridgehead atoms. The number of carbonyl (C=O) groups excluding carboxylic acids is 2. The Bertz CT molecular complexity index is 71.6. The molecular weight excluding hydrogens is 137 g/mol. The van der Waals surface area contributed by atoms with E-state index in [-0.39, 0.29) is 15.6 Å². The summed E-state index contributed by atoms with van der Waals surface area (Å²) in [5.74, 6) is -2.17. The van der Waals surface area contributed by atoms with Gasteiger partial charge in [0.05, 0.1) is 0 Å². The normalized spacial score (nSPS) is 5.00. The van der Waals surface area contributed by atoms with Crippen LogP contribution in [0.15, 0.2) is 0 Å². The van der Waals surface area contributed by atoms with Gasteiger partial charge in [-0.15, -0.1) is 0 Å². The van der Waals surface area contributed by atoms with E-state index in [1.165, 1.54) is 0 Å². The summed E-state index contributed by atoms with van der Waals surface area (Å²) >= 11 is 0. The molecule has 10 heavy (non-hydrogen) atoms. The fourth-order valence-corrected chi connectivity index (χ4v) is 0. The summed E-state index contributed by atoms with van der Waals surface area (Å²) in [5.41, 5.74) is 0. The molecule has 0 aromatic carbocycles. The molecule has 0 radical (unpaired) electrons. The Labute approximate surface area is 62.2 Å². The van der Waals surface area contributed by atoms with Gasteiger partial charge in [-0.1, -0.05) is 0 Å². The molecule has 0 heterocycles. The van der Waals surface area contributed by atoms with E-state index in [1.54, 1.807) is 0 Å². The first-order valence-corrected chi connectivity index (χ1v) is 1.82. The smallest absolute Gasteiger partial charge is 0.550 e. The Hall–Kier alpha value is -0.931. The fourth-order valence-electron chi connectivity index (χ4n) is 0. The van der Waals surface area contributed by atoms with Crippen molar-refractivity contribution < 1.29 is 25.3 Å². The number of hydrogen-bond acceptors (Lipinski definition) is 4. The van der Waals surface area contributed by atoms with Gasteiger partial charge in [-0.25, -0.2) is 0 Å². The minimum atomic E-state index is -1.08. The summed E-state index contributed by atoms with van der Waals surface area (Å²) in [6, 6.07) is 0. The van der Waals surface area contributed by atoms with Crippen LogP contribution in [-0.4, -0.2) is 27.5 Å². The fraction of sp³-hybridized carbons (Fsp3) is 0.500. The van der Waals surface area contributed by atoms with Gasteiger partial charge in [0.2, 0.25) is 0 Å². The maximum absolute atomic E-state index is 8.89. The first-order valence-electron chi connectivity index (χ1n) is 1.82. The third-order valence-corrected chi connectivity index (χ3v) is 0. The van der Waals surface area contributed by atoms with Crippen LogP contribution in [0.5, 0.6) is 0 Å². The molecule has 0 saturated carbocycles. The van der Waals surface area contributed by atoms with Crippen LogP contribution < -0.4 is 10.2 Å². The molecule has 0 rings (SSSR count). The second kappa shape index (κ2) is 15.7. The molecule has 0 saturated heterocycles. The number of carboxylic acid groups (broad SMARTS) is 2. The van der Waals surface area contributed by atoms with Crippen LogP contribution in [0.4, 0.5) is 0 Å². The van der Waals surface area contributed by atoms with Crippen molar-refractivity contribution in [1.29, 1.82) is 0 Å². The summed E-state index contributed by atoms with van der Waals surface area (Å²) in [6.45, 7) is 1.94. The van der Waals surface area contributed by atoms with Crippen LogP contribution in [0.3, 0.4) is 0 Å². The van der Waals surface area contributed by atoms with Gasteiger partial charge in [0.25, 0.3) is 0 Å². The molecule has 6 heteroatoms. The molecule has 0 spiro atoms. The van der Waals surface area contributed by atoms with E-state index >= 15 is 0 Å². The molecule has 2 N–H and O–H groups in total. The zero-order chi connectivity index (χ0) is 7.15. The quantitative estimate of drug-likeness (QED) is 0.326. The number of carbonyl (C=O) groups is 2. The van der Waals surface area contributed by atoms with Gasteiger partial charge >= 0.3 is 10.1 Å². The van der Waals surface area contributed by atoms with Gasteiger partial charge in [0.1, 0.15) is 0 Å². The van der Waals surface area contributed by atoms with E-state index in [9.17, 15) is 0 Å². The Kier molecular flexibility index (Phi) is 36.1. The molecule has 0 aliphatic heterocycles. The van der Waals surface area contributed by atoms with Crippen LogP contribution >= 0.6 is 0 Å². The van der Waals surface area contributed by atoms with Gasteiger partial charge in [-0.05, 0) is 13.8 Å². The standard InChI is InChI=1S/2C2H4O2.Be.H2O/c2*1-2(3)4;;/h2*1H3,(H,3,4);;1H2/q;;+2;/p-2. The van der Waals surface area contributed by atoms with E-state index in [1.807, 2.05) is 0 Å². The summed E-state index contributed by atoms with van der Waals surface area (Å²) in [4.78, 5) is 17.8.